The lowest BCUT2D eigenvalue weighted by molar-refractivity contribution is -0.127. The number of carbonyl (C=O) groups excluding carboxylic acids is 1. The summed E-state index contributed by atoms with van der Waals surface area (Å²) in [4.78, 5) is 13.1. The molecule has 0 aromatic heterocycles. The van der Waals surface area contributed by atoms with Crippen molar-refractivity contribution in [2.24, 2.45) is 0 Å². The van der Waals surface area contributed by atoms with Crippen LogP contribution in [0.4, 0.5) is 4.39 Å². The third-order valence-corrected chi connectivity index (χ3v) is 3.91. The maximum Gasteiger partial charge on any atom is 0.238 e. The van der Waals surface area contributed by atoms with E-state index in [-0.39, 0.29) is 24.7 Å². The van der Waals surface area contributed by atoms with Crippen LogP contribution in [-0.4, -0.2) is 44.3 Å². The Balaban J connectivity index is 2.20. The van der Waals surface area contributed by atoms with Gasteiger partial charge in [0.05, 0.1) is 12.3 Å². The van der Waals surface area contributed by atoms with E-state index >= 15 is 0 Å². The molecular weight excluding hydrogens is 271 g/mol. The van der Waals surface area contributed by atoms with E-state index in [9.17, 15) is 17.6 Å². The van der Waals surface area contributed by atoms with Crippen molar-refractivity contribution in [3.05, 3.63) is 35.6 Å². The van der Waals surface area contributed by atoms with Gasteiger partial charge in [0, 0.05) is 18.4 Å². The molecule has 1 atom stereocenters. The summed E-state index contributed by atoms with van der Waals surface area (Å²) < 4.78 is 36.1. The zero-order chi connectivity index (χ0) is 14.0. The maximum atomic E-state index is 13.7. The SMILES string of the molecule is CS(=O)(=O)CCN1C(=O)CNC1c1ccccc1F. The fraction of sp³-hybridized carbons (Fsp3) is 0.417. The summed E-state index contributed by atoms with van der Waals surface area (Å²) >= 11 is 0. The monoisotopic (exact) mass is 286 g/mol. The van der Waals surface area contributed by atoms with Gasteiger partial charge in [-0.1, -0.05) is 18.2 Å². The molecule has 1 aromatic carbocycles. The minimum atomic E-state index is -3.17. The minimum absolute atomic E-state index is 0.0592. The summed E-state index contributed by atoms with van der Waals surface area (Å²) in [5, 5.41) is 2.89. The van der Waals surface area contributed by atoms with Crippen LogP contribution in [0.25, 0.3) is 0 Å². The van der Waals surface area contributed by atoms with Gasteiger partial charge in [0.2, 0.25) is 5.91 Å². The third-order valence-electron chi connectivity index (χ3n) is 2.98. The number of hydrogen-bond acceptors (Lipinski definition) is 4. The second-order valence-electron chi connectivity index (χ2n) is 4.52. The van der Waals surface area contributed by atoms with Crippen LogP contribution in [0.5, 0.6) is 0 Å². The van der Waals surface area contributed by atoms with Crippen molar-refractivity contribution in [3.63, 3.8) is 0 Å². The summed E-state index contributed by atoms with van der Waals surface area (Å²) in [7, 11) is -3.17. The lowest BCUT2D eigenvalue weighted by Gasteiger charge is -2.24. The van der Waals surface area contributed by atoms with Crippen LogP contribution in [0.15, 0.2) is 24.3 Å². The van der Waals surface area contributed by atoms with Crippen LogP contribution >= 0.6 is 0 Å². The van der Waals surface area contributed by atoms with Gasteiger partial charge in [-0.3, -0.25) is 10.1 Å². The minimum Gasteiger partial charge on any atom is -0.321 e. The molecule has 1 saturated heterocycles. The lowest BCUT2D eigenvalue weighted by atomic mass is 10.1. The number of nitrogens with one attached hydrogen (secondary N) is 1. The molecule has 0 saturated carbocycles. The summed E-state index contributed by atoms with van der Waals surface area (Å²) in [5.74, 6) is -0.776. The van der Waals surface area contributed by atoms with E-state index in [2.05, 4.69) is 5.32 Å². The topological polar surface area (TPSA) is 66.5 Å². The maximum absolute atomic E-state index is 13.7. The first kappa shape index (κ1) is 14.0. The Morgan fingerprint density at radius 3 is 2.74 bits per heavy atom. The lowest BCUT2D eigenvalue weighted by Crippen LogP contribution is -2.34. The molecule has 0 bridgehead atoms. The van der Waals surface area contributed by atoms with Crippen LogP contribution in [-0.2, 0) is 14.6 Å². The molecule has 1 fully saturated rings. The predicted molar refractivity (Wildman–Crippen MR) is 68.6 cm³/mol. The normalized spacial score (nSPS) is 20.0. The number of hydrogen-bond donors (Lipinski definition) is 1. The van der Waals surface area contributed by atoms with Gasteiger partial charge >= 0.3 is 0 Å². The van der Waals surface area contributed by atoms with Gasteiger partial charge in [-0.2, -0.15) is 0 Å². The molecular formula is C12H15FN2O3S. The molecule has 104 valence electrons. The summed E-state index contributed by atoms with van der Waals surface area (Å²) in [5.41, 5.74) is 0.349. The second kappa shape index (κ2) is 5.26. The van der Waals surface area contributed by atoms with Crippen LogP contribution in [0.3, 0.4) is 0 Å². The fourth-order valence-corrected chi connectivity index (χ4v) is 2.56. The fourth-order valence-electron chi connectivity index (χ4n) is 2.03. The summed E-state index contributed by atoms with van der Waals surface area (Å²) in [6, 6.07) is 6.14. The molecule has 0 aliphatic carbocycles. The highest BCUT2D eigenvalue weighted by Gasteiger charge is 2.33. The standard InChI is InChI=1S/C12H15FN2O3S/c1-19(17,18)7-6-15-11(16)8-14-12(15)9-4-2-3-5-10(9)13/h2-5,12,14H,6-8H2,1H3. The number of nitrogens with zero attached hydrogens (tertiary/aromatic N) is 1. The number of benzene rings is 1. The molecule has 1 unspecified atom stereocenters. The highest BCUT2D eigenvalue weighted by molar-refractivity contribution is 7.90. The van der Waals surface area contributed by atoms with Gasteiger partial charge < -0.3 is 4.90 Å². The Labute approximate surface area is 111 Å². The van der Waals surface area contributed by atoms with Gasteiger partial charge in [0.1, 0.15) is 21.8 Å². The van der Waals surface area contributed by atoms with Crippen molar-refractivity contribution < 1.29 is 17.6 Å². The quantitative estimate of drug-likeness (QED) is 0.864. The van der Waals surface area contributed by atoms with E-state index in [1.54, 1.807) is 18.2 Å². The van der Waals surface area contributed by atoms with Gasteiger partial charge in [-0.15, -0.1) is 0 Å². The molecule has 1 aliphatic heterocycles. The molecule has 19 heavy (non-hydrogen) atoms. The molecule has 2 rings (SSSR count). The van der Waals surface area contributed by atoms with Gasteiger partial charge in [-0.25, -0.2) is 12.8 Å². The van der Waals surface area contributed by atoms with Crippen molar-refractivity contribution in [3.8, 4) is 0 Å². The molecule has 1 amide bonds. The Morgan fingerprint density at radius 2 is 2.11 bits per heavy atom. The third kappa shape index (κ3) is 3.30. The van der Waals surface area contributed by atoms with E-state index in [0.29, 0.717) is 5.56 Å². The van der Waals surface area contributed by atoms with Crippen LogP contribution in [0.2, 0.25) is 0 Å². The summed E-state index contributed by atoms with van der Waals surface area (Å²) in [6.07, 6.45) is 0.509. The Hall–Kier alpha value is -1.47. The van der Waals surface area contributed by atoms with E-state index in [1.807, 2.05) is 0 Å². The number of rotatable bonds is 4. The van der Waals surface area contributed by atoms with Crippen LogP contribution in [0, 0.1) is 5.82 Å². The molecule has 1 N–H and O–H groups in total. The predicted octanol–water partition coefficient (Wildman–Crippen LogP) is 0.301. The Morgan fingerprint density at radius 1 is 1.42 bits per heavy atom. The highest BCUT2D eigenvalue weighted by atomic mass is 32.2. The van der Waals surface area contributed by atoms with Crippen molar-refractivity contribution in [2.75, 3.05) is 25.1 Å². The molecule has 1 aliphatic rings. The number of amides is 1. The van der Waals surface area contributed by atoms with Crippen LogP contribution in [0.1, 0.15) is 11.7 Å². The van der Waals surface area contributed by atoms with E-state index < -0.39 is 21.8 Å². The van der Waals surface area contributed by atoms with Crippen molar-refractivity contribution in [1.29, 1.82) is 0 Å². The molecule has 0 spiro atoms. The first-order valence-electron chi connectivity index (χ1n) is 5.83. The van der Waals surface area contributed by atoms with Crippen molar-refractivity contribution >= 4 is 15.7 Å². The first-order chi connectivity index (χ1) is 8.88. The van der Waals surface area contributed by atoms with Crippen molar-refractivity contribution in [1.82, 2.24) is 10.2 Å². The van der Waals surface area contributed by atoms with Gasteiger partial charge in [0.15, 0.2) is 0 Å². The zero-order valence-electron chi connectivity index (χ0n) is 10.5. The molecule has 7 heteroatoms. The second-order valence-corrected chi connectivity index (χ2v) is 6.78. The average molecular weight is 286 g/mol. The molecule has 1 heterocycles. The molecule has 5 nitrogen and oxygen atoms in total. The summed E-state index contributed by atoms with van der Waals surface area (Å²) in [6.45, 7) is 0.145. The number of sulfone groups is 1. The van der Waals surface area contributed by atoms with Gasteiger partial charge in [-0.05, 0) is 6.07 Å². The number of carbonyl (C=O) groups is 1. The first-order valence-corrected chi connectivity index (χ1v) is 7.89. The van der Waals surface area contributed by atoms with Crippen molar-refractivity contribution in [2.45, 2.75) is 6.17 Å². The van der Waals surface area contributed by atoms with Crippen LogP contribution < -0.4 is 5.32 Å². The highest BCUT2D eigenvalue weighted by Crippen LogP contribution is 2.24. The van der Waals surface area contributed by atoms with E-state index in [4.69, 9.17) is 0 Å². The van der Waals surface area contributed by atoms with E-state index in [1.165, 1.54) is 11.0 Å². The van der Waals surface area contributed by atoms with E-state index in [0.717, 1.165) is 6.26 Å². The molecule has 0 radical (unpaired) electrons. The largest absolute Gasteiger partial charge is 0.321 e. The van der Waals surface area contributed by atoms with Gasteiger partial charge in [0.25, 0.3) is 0 Å². The Bertz CT molecular complexity index is 588. The average Bonchev–Trinajstić information content (AvgIpc) is 2.68. The zero-order valence-corrected chi connectivity index (χ0v) is 11.3. The number of halogens is 1. The Kier molecular flexibility index (Phi) is 3.86. The molecule has 1 aromatic rings. The smallest absolute Gasteiger partial charge is 0.238 e.